The van der Waals surface area contributed by atoms with Gasteiger partial charge >= 0.3 is 6.18 Å². The van der Waals surface area contributed by atoms with Crippen LogP contribution in [0.25, 0.3) is 22.2 Å². The maximum atomic E-state index is 15.0. The number of nitrogen functional groups attached to an aromatic ring is 1. The normalized spacial score (nSPS) is 12.6. The van der Waals surface area contributed by atoms with Gasteiger partial charge in [-0.05, 0) is 37.3 Å². The van der Waals surface area contributed by atoms with Crippen LogP contribution in [0, 0.1) is 11.6 Å². The van der Waals surface area contributed by atoms with Gasteiger partial charge in [0.15, 0.2) is 17.5 Å². The molecule has 200 valence electrons. The quantitative estimate of drug-likeness (QED) is 0.289. The standard InChI is InChI=1S/C23H19ClF5N7O2/c1-10(33-14-9-32-35-21(37)16(14)23(27,28)29)3-2-5-36-6-4-11-7-12(17(25)18(26)15(11)22(36)38)20-31-8-13(24)19(30)34-20/h4,6-10H,2-3,5H2,1H3,(H2,30,31,34)(H2,33,35,37). The van der Waals surface area contributed by atoms with Crippen molar-refractivity contribution in [3.63, 3.8) is 0 Å². The summed E-state index contributed by atoms with van der Waals surface area (Å²) in [4.78, 5) is 32.2. The van der Waals surface area contributed by atoms with Crippen molar-refractivity contribution in [1.82, 2.24) is 24.7 Å². The fourth-order valence-electron chi connectivity index (χ4n) is 3.92. The van der Waals surface area contributed by atoms with Crippen LogP contribution in [0.1, 0.15) is 25.3 Å². The molecule has 0 amide bonds. The Kier molecular flexibility index (Phi) is 7.35. The minimum atomic E-state index is -4.89. The summed E-state index contributed by atoms with van der Waals surface area (Å²) in [7, 11) is 0. The molecule has 0 spiro atoms. The van der Waals surface area contributed by atoms with E-state index < -0.39 is 51.6 Å². The number of nitrogens with one attached hydrogen (secondary N) is 2. The third kappa shape index (κ3) is 5.30. The van der Waals surface area contributed by atoms with Crippen LogP contribution in [-0.4, -0.2) is 30.8 Å². The van der Waals surface area contributed by atoms with Crippen LogP contribution >= 0.6 is 11.6 Å². The molecule has 4 N–H and O–H groups in total. The van der Waals surface area contributed by atoms with Gasteiger partial charge in [-0.3, -0.25) is 9.59 Å². The van der Waals surface area contributed by atoms with E-state index in [4.69, 9.17) is 17.3 Å². The smallest absolute Gasteiger partial charge is 0.382 e. The molecule has 0 aliphatic heterocycles. The second-order valence-electron chi connectivity index (χ2n) is 8.43. The highest BCUT2D eigenvalue weighted by molar-refractivity contribution is 6.32. The number of H-pyrrole nitrogens is 1. The maximum absolute atomic E-state index is 15.0. The molecular formula is C23H19ClF5N7O2. The number of fused-ring (bicyclic) bond motifs is 1. The molecule has 0 bridgehead atoms. The zero-order valence-corrected chi connectivity index (χ0v) is 20.3. The Bertz CT molecular complexity index is 1640. The largest absolute Gasteiger partial charge is 0.423 e. The summed E-state index contributed by atoms with van der Waals surface area (Å²) in [5, 5.41) is 7.42. The van der Waals surface area contributed by atoms with Gasteiger partial charge in [0.25, 0.3) is 11.1 Å². The molecule has 4 aromatic rings. The Hall–Kier alpha value is -4.07. The van der Waals surface area contributed by atoms with Gasteiger partial charge in [-0.25, -0.2) is 23.8 Å². The van der Waals surface area contributed by atoms with Crippen molar-refractivity contribution in [1.29, 1.82) is 0 Å². The van der Waals surface area contributed by atoms with Gasteiger partial charge in [-0.15, -0.1) is 0 Å². The lowest BCUT2D eigenvalue weighted by Gasteiger charge is -2.18. The zero-order chi connectivity index (χ0) is 27.8. The number of benzene rings is 1. The second-order valence-corrected chi connectivity index (χ2v) is 8.84. The van der Waals surface area contributed by atoms with Gasteiger partial charge in [0, 0.05) is 18.8 Å². The third-order valence-corrected chi connectivity index (χ3v) is 6.03. The van der Waals surface area contributed by atoms with Crippen molar-refractivity contribution in [2.75, 3.05) is 11.1 Å². The summed E-state index contributed by atoms with van der Waals surface area (Å²) in [6, 6.07) is 2.10. The third-order valence-electron chi connectivity index (χ3n) is 5.74. The number of nitrogens with two attached hydrogens (primary N) is 1. The predicted molar refractivity (Wildman–Crippen MR) is 131 cm³/mol. The van der Waals surface area contributed by atoms with E-state index in [0.717, 1.165) is 12.4 Å². The summed E-state index contributed by atoms with van der Waals surface area (Å²) in [6.07, 6.45) is -0.919. The van der Waals surface area contributed by atoms with E-state index in [2.05, 4.69) is 20.4 Å². The number of halogens is 6. The molecule has 0 radical (unpaired) electrons. The molecule has 4 rings (SSSR count). The number of aromatic amines is 1. The van der Waals surface area contributed by atoms with Crippen LogP contribution in [0.5, 0.6) is 0 Å². The van der Waals surface area contributed by atoms with Crippen LogP contribution in [-0.2, 0) is 12.7 Å². The van der Waals surface area contributed by atoms with Gasteiger partial charge in [0.2, 0.25) is 0 Å². The van der Waals surface area contributed by atoms with Crippen LogP contribution < -0.4 is 22.2 Å². The highest BCUT2D eigenvalue weighted by Gasteiger charge is 2.37. The molecule has 0 aliphatic rings. The Morgan fingerprint density at radius 3 is 2.63 bits per heavy atom. The number of pyridine rings is 1. The van der Waals surface area contributed by atoms with Gasteiger partial charge in [-0.2, -0.15) is 18.3 Å². The van der Waals surface area contributed by atoms with E-state index in [1.54, 1.807) is 12.0 Å². The summed E-state index contributed by atoms with van der Waals surface area (Å²) >= 11 is 5.78. The number of alkyl halides is 3. The van der Waals surface area contributed by atoms with E-state index in [1.165, 1.54) is 22.9 Å². The first-order valence-corrected chi connectivity index (χ1v) is 11.5. The van der Waals surface area contributed by atoms with E-state index >= 15 is 0 Å². The highest BCUT2D eigenvalue weighted by Crippen LogP contribution is 2.32. The molecule has 1 atom stereocenters. The number of aromatic nitrogens is 5. The summed E-state index contributed by atoms with van der Waals surface area (Å²) in [5.74, 6) is -3.05. The van der Waals surface area contributed by atoms with Crippen molar-refractivity contribution >= 4 is 33.9 Å². The molecule has 15 heteroatoms. The van der Waals surface area contributed by atoms with Crippen molar-refractivity contribution in [2.24, 2.45) is 0 Å². The SMILES string of the molecule is CC(CCCn1ccc2cc(-c3ncc(Cl)c(N)n3)c(F)c(F)c2c1=O)Nc1cn[nH]c(=O)c1C(F)(F)F. The second kappa shape index (κ2) is 10.4. The Morgan fingerprint density at radius 1 is 1.21 bits per heavy atom. The fraction of sp³-hybridized carbons (Fsp3) is 0.261. The first kappa shape index (κ1) is 27.0. The van der Waals surface area contributed by atoms with Crippen LogP contribution in [0.4, 0.5) is 33.5 Å². The van der Waals surface area contributed by atoms with E-state index in [9.17, 15) is 31.5 Å². The Labute approximate surface area is 215 Å². The molecule has 0 saturated heterocycles. The van der Waals surface area contributed by atoms with E-state index in [-0.39, 0.29) is 47.0 Å². The van der Waals surface area contributed by atoms with Crippen LogP contribution in [0.2, 0.25) is 5.02 Å². The molecule has 0 aliphatic carbocycles. The van der Waals surface area contributed by atoms with Gasteiger partial charge in [0.1, 0.15) is 16.4 Å². The molecule has 0 saturated carbocycles. The molecule has 0 fully saturated rings. The molecule has 3 aromatic heterocycles. The lowest BCUT2D eigenvalue weighted by atomic mass is 10.1. The molecule has 3 heterocycles. The predicted octanol–water partition coefficient (Wildman–Crippen LogP) is 4.36. The lowest BCUT2D eigenvalue weighted by molar-refractivity contribution is -0.138. The zero-order valence-electron chi connectivity index (χ0n) is 19.5. The molecule has 1 aromatic carbocycles. The van der Waals surface area contributed by atoms with Gasteiger partial charge in [-0.1, -0.05) is 11.6 Å². The highest BCUT2D eigenvalue weighted by atomic mass is 35.5. The minimum Gasteiger partial charge on any atom is -0.382 e. The first-order chi connectivity index (χ1) is 17.9. The summed E-state index contributed by atoms with van der Waals surface area (Å²) < 4.78 is 70.7. The Balaban J connectivity index is 1.53. The molecule has 9 nitrogen and oxygen atoms in total. The number of hydrogen-bond donors (Lipinski definition) is 3. The molecule has 38 heavy (non-hydrogen) atoms. The topological polar surface area (TPSA) is 132 Å². The van der Waals surface area contributed by atoms with Gasteiger partial charge < -0.3 is 15.6 Å². The number of hydrogen-bond acceptors (Lipinski definition) is 7. The van der Waals surface area contributed by atoms with Crippen molar-refractivity contribution < 1.29 is 22.0 Å². The fourth-order valence-corrected chi connectivity index (χ4v) is 4.01. The average molecular weight is 556 g/mol. The van der Waals surface area contributed by atoms with Crippen LogP contribution in [0.15, 0.2) is 40.3 Å². The van der Waals surface area contributed by atoms with Crippen molar-refractivity contribution in [3.8, 4) is 11.4 Å². The lowest BCUT2D eigenvalue weighted by Crippen LogP contribution is -2.27. The number of nitrogens with zero attached hydrogens (tertiary/aromatic N) is 4. The Morgan fingerprint density at radius 2 is 1.95 bits per heavy atom. The minimum absolute atomic E-state index is 0.0395. The molecule has 1 unspecified atom stereocenters. The average Bonchev–Trinajstić information content (AvgIpc) is 2.83. The summed E-state index contributed by atoms with van der Waals surface area (Å²) in [6.45, 7) is 1.66. The van der Waals surface area contributed by atoms with Crippen LogP contribution in [0.3, 0.4) is 0 Å². The van der Waals surface area contributed by atoms with Crippen molar-refractivity contribution in [2.45, 2.75) is 38.5 Å². The van der Waals surface area contributed by atoms with E-state index in [1.807, 2.05) is 0 Å². The number of rotatable bonds is 7. The summed E-state index contributed by atoms with van der Waals surface area (Å²) in [5.41, 5.74) is 1.28. The van der Waals surface area contributed by atoms with Gasteiger partial charge in [0.05, 0.1) is 29.0 Å². The monoisotopic (exact) mass is 555 g/mol. The number of anilines is 2. The first-order valence-electron chi connectivity index (χ1n) is 11.1. The van der Waals surface area contributed by atoms with E-state index in [0.29, 0.717) is 0 Å². The maximum Gasteiger partial charge on any atom is 0.423 e. The van der Waals surface area contributed by atoms with Crippen molar-refractivity contribution in [3.05, 3.63) is 73.7 Å². The molecular weight excluding hydrogens is 537 g/mol. The number of aryl methyl sites for hydroxylation is 1.